The van der Waals surface area contributed by atoms with E-state index in [4.69, 9.17) is 23.2 Å². The molecule has 0 aliphatic heterocycles. The smallest absolute Gasteiger partial charge is 0.0439 e. The van der Waals surface area contributed by atoms with Crippen molar-refractivity contribution >= 4 is 34.5 Å². The quantitative estimate of drug-likeness (QED) is 0.861. The van der Waals surface area contributed by atoms with Gasteiger partial charge in [-0.25, -0.2) is 0 Å². The molecule has 0 saturated carbocycles. The minimum Gasteiger partial charge on any atom is -0.316 e. The van der Waals surface area contributed by atoms with Gasteiger partial charge in [-0.2, -0.15) is 0 Å². The lowest BCUT2D eigenvalue weighted by atomic mass is 10.0. The van der Waals surface area contributed by atoms with Crippen molar-refractivity contribution in [2.24, 2.45) is 0 Å². The molecule has 0 aliphatic rings. The minimum absolute atomic E-state index is 0.375. The molecule has 1 heterocycles. The molecule has 1 unspecified atom stereocenters. The van der Waals surface area contributed by atoms with Gasteiger partial charge in [0.1, 0.15) is 0 Å². The number of hydrogen-bond acceptors (Lipinski definition) is 2. The molecule has 18 heavy (non-hydrogen) atoms. The fraction of sp³-hybridized carbons (Fsp3) is 0.286. The van der Waals surface area contributed by atoms with Crippen LogP contribution in [0.3, 0.4) is 0 Å². The molecule has 96 valence electrons. The third-order valence-corrected chi connectivity index (χ3v) is 4.41. The van der Waals surface area contributed by atoms with E-state index in [0.717, 1.165) is 28.5 Å². The molecule has 2 rings (SSSR count). The summed E-state index contributed by atoms with van der Waals surface area (Å²) in [5.74, 6) is 0. The topological polar surface area (TPSA) is 12.0 Å². The lowest BCUT2D eigenvalue weighted by Crippen LogP contribution is -2.29. The van der Waals surface area contributed by atoms with Gasteiger partial charge < -0.3 is 5.32 Å². The normalized spacial score (nSPS) is 12.6. The van der Waals surface area contributed by atoms with Gasteiger partial charge in [-0.05, 0) is 55.1 Å². The van der Waals surface area contributed by atoms with Crippen LogP contribution in [0.4, 0.5) is 0 Å². The van der Waals surface area contributed by atoms with E-state index in [9.17, 15) is 0 Å². The molecule has 0 bridgehead atoms. The van der Waals surface area contributed by atoms with Gasteiger partial charge in [-0.3, -0.25) is 0 Å². The first-order valence-corrected chi connectivity index (χ1v) is 7.46. The van der Waals surface area contributed by atoms with Crippen molar-refractivity contribution in [2.45, 2.75) is 18.9 Å². The molecule has 0 amide bonds. The second-order valence-electron chi connectivity index (χ2n) is 4.21. The molecule has 1 aromatic carbocycles. The van der Waals surface area contributed by atoms with Gasteiger partial charge in [0.25, 0.3) is 0 Å². The Kier molecular flexibility index (Phi) is 5.07. The highest BCUT2D eigenvalue weighted by Gasteiger charge is 2.11. The Morgan fingerprint density at radius 3 is 2.72 bits per heavy atom. The van der Waals surface area contributed by atoms with Crippen LogP contribution in [-0.2, 0) is 12.8 Å². The number of hydrogen-bond donors (Lipinski definition) is 1. The first kappa shape index (κ1) is 13.9. The van der Waals surface area contributed by atoms with Crippen molar-refractivity contribution in [3.8, 4) is 0 Å². The largest absolute Gasteiger partial charge is 0.316 e. The van der Waals surface area contributed by atoms with Gasteiger partial charge in [0.15, 0.2) is 0 Å². The molecule has 0 fully saturated rings. The molecular weight excluding hydrogens is 285 g/mol. The molecule has 1 aromatic heterocycles. The van der Waals surface area contributed by atoms with Crippen LogP contribution in [0.15, 0.2) is 35.7 Å². The number of nitrogens with one attached hydrogen (secondary N) is 1. The molecule has 1 atom stereocenters. The summed E-state index contributed by atoms with van der Waals surface area (Å²) in [5, 5.41) is 6.97. The van der Waals surface area contributed by atoms with Crippen LogP contribution >= 0.6 is 34.5 Å². The second kappa shape index (κ2) is 6.58. The minimum atomic E-state index is 0.375. The highest BCUT2D eigenvalue weighted by atomic mass is 35.5. The molecule has 2 aromatic rings. The molecule has 4 heteroatoms. The lowest BCUT2D eigenvalue weighted by molar-refractivity contribution is 0.560. The Balaban J connectivity index is 2.07. The third kappa shape index (κ3) is 3.72. The molecule has 0 spiro atoms. The summed E-state index contributed by atoms with van der Waals surface area (Å²) >= 11 is 14.0. The van der Waals surface area contributed by atoms with E-state index in [1.807, 2.05) is 25.2 Å². The van der Waals surface area contributed by atoms with Crippen LogP contribution in [-0.4, -0.2) is 13.1 Å². The van der Waals surface area contributed by atoms with E-state index in [2.05, 4.69) is 22.8 Å². The Morgan fingerprint density at radius 1 is 1.22 bits per heavy atom. The van der Waals surface area contributed by atoms with E-state index >= 15 is 0 Å². The van der Waals surface area contributed by atoms with Crippen molar-refractivity contribution in [1.29, 1.82) is 0 Å². The zero-order valence-corrected chi connectivity index (χ0v) is 12.4. The SMILES string of the molecule is CNC(Cc1cccs1)Cc1cc(Cl)ccc1Cl. The maximum Gasteiger partial charge on any atom is 0.0439 e. The predicted octanol–water partition coefficient (Wildman–Crippen LogP) is 4.43. The van der Waals surface area contributed by atoms with E-state index in [-0.39, 0.29) is 0 Å². The molecule has 0 saturated heterocycles. The predicted molar refractivity (Wildman–Crippen MR) is 81.0 cm³/mol. The average Bonchev–Trinajstić information content (AvgIpc) is 2.85. The Morgan fingerprint density at radius 2 is 2.06 bits per heavy atom. The maximum atomic E-state index is 6.20. The van der Waals surface area contributed by atoms with Crippen molar-refractivity contribution in [3.63, 3.8) is 0 Å². The van der Waals surface area contributed by atoms with Crippen molar-refractivity contribution < 1.29 is 0 Å². The second-order valence-corrected chi connectivity index (χ2v) is 6.08. The molecule has 0 aliphatic carbocycles. The fourth-order valence-electron chi connectivity index (χ4n) is 1.91. The molecular formula is C14H15Cl2NS. The molecule has 1 N–H and O–H groups in total. The fourth-order valence-corrected chi connectivity index (χ4v) is 3.09. The van der Waals surface area contributed by atoms with Crippen LogP contribution < -0.4 is 5.32 Å². The van der Waals surface area contributed by atoms with Crippen LogP contribution in [0.2, 0.25) is 10.0 Å². The Labute approximate surface area is 122 Å². The highest BCUT2D eigenvalue weighted by molar-refractivity contribution is 7.09. The van der Waals surface area contributed by atoms with E-state index in [1.54, 1.807) is 11.3 Å². The van der Waals surface area contributed by atoms with Crippen molar-refractivity contribution in [2.75, 3.05) is 7.05 Å². The first-order chi connectivity index (χ1) is 8.69. The Bertz CT molecular complexity index is 497. The summed E-state index contributed by atoms with van der Waals surface area (Å²) < 4.78 is 0. The summed E-state index contributed by atoms with van der Waals surface area (Å²) in [7, 11) is 1.98. The number of likely N-dealkylation sites (N-methyl/N-ethyl adjacent to an activating group) is 1. The van der Waals surface area contributed by atoms with E-state index in [1.165, 1.54) is 4.88 Å². The van der Waals surface area contributed by atoms with Crippen molar-refractivity contribution in [1.82, 2.24) is 5.32 Å². The summed E-state index contributed by atoms with van der Waals surface area (Å²) in [4.78, 5) is 1.38. The van der Waals surface area contributed by atoms with Crippen LogP contribution in [0, 0.1) is 0 Å². The van der Waals surface area contributed by atoms with Crippen LogP contribution in [0.25, 0.3) is 0 Å². The number of benzene rings is 1. The van der Waals surface area contributed by atoms with Gasteiger partial charge in [0.05, 0.1) is 0 Å². The van der Waals surface area contributed by atoms with Gasteiger partial charge in [-0.15, -0.1) is 11.3 Å². The number of halogens is 2. The maximum absolute atomic E-state index is 6.20. The molecule has 0 radical (unpaired) electrons. The standard InChI is InChI=1S/C14H15Cl2NS/c1-17-12(9-13-3-2-6-18-13)8-10-7-11(15)4-5-14(10)16/h2-7,12,17H,8-9H2,1H3. The highest BCUT2D eigenvalue weighted by Crippen LogP contribution is 2.23. The number of thiophene rings is 1. The van der Waals surface area contributed by atoms with Crippen LogP contribution in [0.1, 0.15) is 10.4 Å². The molecule has 1 nitrogen and oxygen atoms in total. The van der Waals surface area contributed by atoms with Gasteiger partial charge in [-0.1, -0.05) is 29.3 Å². The lowest BCUT2D eigenvalue weighted by Gasteiger charge is -2.16. The summed E-state index contributed by atoms with van der Waals surface area (Å²) in [6.45, 7) is 0. The van der Waals surface area contributed by atoms with Crippen LogP contribution in [0.5, 0.6) is 0 Å². The summed E-state index contributed by atoms with van der Waals surface area (Å²) in [6.07, 6.45) is 1.89. The van der Waals surface area contributed by atoms with Gasteiger partial charge in [0, 0.05) is 21.0 Å². The monoisotopic (exact) mass is 299 g/mol. The van der Waals surface area contributed by atoms with E-state index < -0.39 is 0 Å². The number of rotatable bonds is 5. The zero-order chi connectivity index (χ0) is 13.0. The first-order valence-electron chi connectivity index (χ1n) is 5.82. The summed E-state index contributed by atoms with van der Waals surface area (Å²) in [6, 6.07) is 10.2. The van der Waals surface area contributed by atoms with E-state index in [0.29, 0.717) is 6.04 Å². The average molecular weight is 300 g/mol. The van der Waals surface area contributed by atoms with Gasteiger partial charge >= 0.3 is 0 Å². The Hall–Kier alpha value is -0.540. The van der Waals surface area contributed by atoms with Gasteiger partial charge in [0.2, 0.25) is 0 Å². The van der Waals surface area contributed by atoms with Crippen molar-refractivity contribution in [3.05, 3.63) is 56.2 Å². The third-order valence-electron chi connectivity index (χ3n) is 2.91. The summed E-state index contributed by atoms with van der Waals surface area (Å²) in [5.41, 5.74) is 1.10. The zero-order valence-electron chi connectivity index (χ0n) is 10.1.